The third-order valence-electron chi connectivity index (χ3n) is 3.59. The number of nitrogens with zero attached hydrogens (tertiary/aromatic N) is 1. The molecule has 1 aliphatic rings. The van der Waals surface area contributed by atoms with Gasteiger partial charge in [0.05, 0.1) is 0 Å². The molecule has 0 radical (unpaired) electrons. The molecule has 0 aromatic rings. The largest absolute Gasteiger partial charge is 0.342 e. The van der Waals surface area contributed by atoms with Gasteiger partial charge in [0, 0.05) is 12.6 Å². The number of likely N-dealkylation sites (N-methyl/N-ethyl adjacent to an activating group) is 1. The van der Waals surface area contributed by atoms with Crippen molar-refractivity contribution >= 4 is 16.5 Å². The Bertz CT molecular complexity index is 188. The molecule has 0 bridgehead atoms. The van der Waals surface area contributed by atoms with Crippen LogP contribution in [0.25, 0.3) is 0 Å². The van der Waals surface area contributed by atoms with Gasteiger partial charge in [-0.1, -0.05) is 26.2 Å². The van der Waals surface area contributed by atoms with Crippen LogP contribution < -0.4 is 5.32 Å². The molecule has 1 fully saturated rings. The fourth-order valence-electron chi connectivity index (χ4n) is 3.25. The zero-order chi connectivity index (χ0) is 11.0. The lowest BCUT2D eigenvalue weighted by Crippen LogP contribution is -2.60. The minimum atomic E-state index is -1.05. The zero-order valence-corrected chi connectivity index (χ0v) is 12.6. The fourth-order valence-corrected chi connectivity index (χ4v) is 18.4. The van der Waals surface area contributed by atoms with Crippen molar-refractivity contribution < 1.29 is 0 Å². The molecule has 0 saturated carbocycles. The summed E-state index contributed by atoms with van der Waals surface area (Å²) < 4.78 is 2.95. The van der Waals surface area contributed by atoms with Crippen LogP contribution in [-0.2, 0) is 0 Å². The van der Waals surface area contributed by atoms with Gasteiger partial charge in [-0.2, -0.15) is 0 Å². The Kier molecular flexibility index (Phi) is 3.62. The van der Waals surface area contributed by atoms with Crippen LogP contribution in [0.1, 0.15) is 6.92 Å². The number of hydrogen-bond acceptors (Lipinski definition) is 2. The standard InChI is InChI=1S/C10H26N2Si2/c1-10(9-11-2)12-13(3,4)7-8-14(12,5)6/h10-11H,7-9H2,1-6H3. The van der Waals surface area contributed by atoms with E-state index in [-0.39, 0.29) is 0 Å². The van der Waals surface area contributed by atoms with Crippen LogP contribution in [0, 0.1) is 0 Å². The van der Waals surface area contributed by atoms with E-state index in [1.54, 1.807) is 0 Å². The van der Waals surface area contributed by atoms with Crippen molar-refractivity contribution in [2.45, 2.75) is 51.2 Å². The summed E-state index contributed by atoms with van der Waals surface area (Å²) in [5.74, 6) is 0. The smallest absolute Gasteiger partial charge is 0.115 e. The van der Waals surface area contributed by atoms with E-state index in [0.717, 1.165) is 12.6 Å². The van der Waals surface area contributed by atoms with E-state index in [2.05, 4.69) is 49.7 Å². The van der Waals surface area contributed by atoms with E-state index in [0.29, 0.717) is 0 Å². The van der Waals surface area contributed by atoms with Gasteiger partial charge in [-0.25, -0.2) is 0 Å². The number of rotatable bonds is 3. The van der Waals surface area contributed by atoms with E-state index < -0.39 is 16.5 Å². The van der Waals surface area contributed by atoms with Crippen molar-refractivity contribution in [1.29, 1.82) is 0 Å². The van der Waals surface area contributed by atoms with Crippen LogP contribution in [0.4, 0.5) is 0 Å². The minimum absolute atomic E-state index is 0.742. The van der Waals surface area contributed by atoms with Gasteiger partial charge in [-0.15, -0.1) is 0 Å². The van der Waals surface area contributed by atoms with Gasteiger partial charge < -0.3 is 9.55 Å². The van der Waals surface area contributed by atoms with Crippen molar-refractivity contribution in [2.75, 3.05) is 13.6 Å². The Balaban J connectivity index is 2.80. The Morgan fingerprint density at radius 2 is 1.57 bits per heavy atom. The van der Waals surface area contributed by atoms with Crippen LogP contribution in [0.5, 0.6) is 0 Å². The summed E-state index contributed by atoms with van der Waals surface area (Å²) in [6.07, 6.45) is 0. The molecule has 0 aliphatic carbocycles. The molecule has 1 rings (SSSR count). The molecule has 14 heavy (non-hydrogen) atoms. The van der Waals surface area contributed by atoms with E-state index in [4.69, 9.17) is 0 Å². The summed E-state index contributed by atoms with van der Waals surface area (Å²) in [7, 11) is -0.0353. The summed E-state index contributed by atoms with van der Waals surface area (Å²) in [6.45, 7) is 13.7. The average Bonchev–Trinajstić information content (AvgIpc) is 2.21. The van der Waals surface area contributed by atoms with E-state index >= 15 is 0 Å². The topological polar surface area (TPSA) is 15.3 Å². The molecular weight excluding hydrogens is 204 g/mol. The van der Waals surface area contributed by atoms with Gasteiger partial charge in [-0.05, 0) is 26.1 Å². The molecule has 1 unspecified atom stereocenters. The molecule has 0 aromatic carbocycles. The molecule has 1 aliphatic heterocycles. The maximum absolute atomic E-state index is 3.32. The summed E-state index contributed by atoms with van der Waals surface area (Å²) in [4.78, 5) is 0. The first-order valence-electron chi connectivity index (χ1n) is 5.75. The Labute approximate surface area is 91.2 Å². The highest BCUT2D eigenvalue weighted by atomic mass is 28.4. The summed E-state index contributed by atoms with van der Waals surface area (Å²) in [6, 6.07) is 3.77. The maximum Gasteiger partial charge on any atom is 0.115 e. The first kappa shape index (κ1) is 12.4. The van der Waals surface area contributed by atoms with Crippen LogP contribution in [-0.4, -0.2) is 40.3 Å². The predicted octanol–water partition coefficient (Wildman–Crippen LogP) is 2.32. The van der Waals surface area contributed by atoms with Crippen molar-refractivity contribution in [3.63, 3.8) is 0 Å². The number of hydrogen-bond donors (Lipinski definition) is 1. The molecule has 1 N–H and O–H groups in total. The highest BCUT2D eigenvalue weighted by Gasteiger charge is 2.48. The molecule has 0 aromatic heterocycles. The molecule has 2 nitrogen and oxygen atoms in total. The van der Waals surface area contributed by atoms with Crippen molar-refractivity contribution in [2.24, 2.45) is 0 Å². The van der Waals surface area contributed by atoms with Gasteiger partial charge in [0.1, 0.15) is 16.5 Å². The molecule has 1 saturated heterocycles. The molecular formula is C10H26N2Si2. The van der Waals surface area contributed by atoms with Gasteiger partial charge in [0.25, 0.3) is 0 Å². The Morgan fingerprint density at radius 1 is 1.14 bits per heavy atom. The average molecular weight is 231 g/mol. The Hall–Kier alpha value is 0.354. The van der Waals surface area contributed by atoms with Crippen LogP contribution in [0.15, 0.2) is 0 Å². The van der Waals surface area contributed by atoms with Crippen LogP contribution in [0.2, 0.25) is 38.3 Å². The van der Waals surface area contributed by atoms with Crippen LogP contribution in [0.3, 0.4) is 0 Å². The zero-order valence-electron chi connectivity index (χ0n) is 10.6. The van der Waals surface area contributed by atoms with Crippen molar-refractivity contribution in [1.82, 2.24) is 9.55 Å². The first-order valence-corrected chi connectivity index (χ1v) is 12.1. The summed E-state index contributed by atoms with van der Waals surface area (Å²) in [5.41, 5.74) is 0. The van der Waals surface area contributed by atoms with Gasteiger partial charge >= 0.3 is 0 Å². The van der Waals surface area contributed by atoms with Gasteiger partial charge in [0.15, 0.2) is 0 Å². The normalized spacial score (nSPS) is 27.9. The lowest BCUT2D eigenvalue weighted by atomic mass is 10.4. The highest BCUT2D eigenvalue weighted by Crippen LogP contribution is 2.38. The second kappa shape index (κ2) is 4.08. The minimum Gasteiger partial charge on any atom is -0.342 e. The molecule has 0 spiro atoms. The third-order valence-corrected chi connectivity index (χ3v) is 14.2. The molecule has 84 valence electrons. The second-order valence-corrected chi connectivity index (χ2v) is 15.6. The fraction of sp³-hybridized carbons (Fsp3) is 1.00. The Morgan fingerprint density at radius 3 is 1.93 bits per heavy atom. The third kappa shape index (κ3) is 2.29. The molecule has 1 atom stereocenters. The second-order valence-electron chi connectivity index (χ2n) is 5.90. The summed E-state index contributed by atoms with van der Waals surface area (Å²) >= 11 is 0. The molecule has 0 amide bonds. The summed E-state index contributed by atoms with van der Waals surface area (Å²) in [5, 5.41) is 3.32. The van der Waals surface area contributed by atoms with Crippen molar-refractivity contribution in [3.05, 3.63) is 0 Å². The lowest BCUT2D eigenvalue weighted by molar-refractivity contribution is 0.460. The lowest BCUT2D eigenvalue weighted by Gasteiger charge is -2.43. The van der Waals surface area contributed by atoms with Gasteiger partial charge in [-0.3, -0.25) is 0 Å². The first-order chi connectivity index (χ1) is 6.31. The molecule has 4 heteroatoms. The molecule has 1 heterocycles. The van der Waals surface area contributed by atoms with E-state index in [1.807, 2.05) is 0 Å². The quantitative estimate of drug-likeness (QED) is 0.749. The SMILES string of the molecule is CNCC(C)N1[Si](C)(C)CC[Si]1(C)C. The monoisotopic (exact) mass is 230 g/mol. The highest BCUT2D eigenvalue weighted by molar-refractivity contribution is 6.95. The maximum atomic E-state index is 3.32. The van der Waals surface area contributed by atoms with E-state index in [1.165, 1.54) is 12.1 Å². The number of nitrogens with one attached hydrogen (secondary N) is 1. The van der Waals surface area contributed by atoms with Crippen LogP contribution >= 0.6 is 0 Å². The predicted molar refractivity (Wildman–Crippen MR) is 69.8 cm³/mol. The van der Waals surface area contributed by atoms with Crippen molar-refractivity contribution in [3.8, 4) is 0 Å². The van der Waals surface area contributed by atoms with Gasteiger partial charge in [0.2, 0.25) is 0 Å². The van der Waals surface area contributed by atoms with E-state index in [9.17, 15) is 0 Å².